The van der Waals surface area contributed by atoms with Crippen LogP contribution >= 0.6 is 0 Å². The van der Waals surface area contributed by atoms with Crippen molar-refractivity contribution in [2.45, 2.75) is 71.1 Å². The van der Waals surface area contributed by atoms with Gasteiger partial charge in [-0.15, -0.1) is 0 Å². The Morgan fingerprint density at radius 1 is 0.564 bits per heavy atom. The van der Waals surface area contributed by atoms with E-state index >= 15 is 0 Å². The fourth-order valence-electron chi connectivity index (χ4n) is 2.52. The van der Waals surface area contributed by atoms with E-state index in [0.29, 0.717) is 0 Å². The zero-order valence-corrected chi connectivity index (χ0v) is 26.4. The molecule has 3 rings (SSSR count). The van der Waals surface area contributed by atoms with Crippen molar-refractivity contribution in [1.82, 2.24) is 0 Å². The third-order valence-electron chi connectivity index (χ3n) is 3.84. The Kier molecular flexibility index (Phi) is 169. The molecule has 1 aromatic carbocycles. The molecule has 2 aliphatic carbocycles. The Labute approximate surface area is 264 Å². The van der Waals surface area contributed by atoms with Gasteiger partial charge in [-0.05, 0) is 0 Å². The van der Waals surface area contributed by atoms with Gasteiger partial charge in [0.05, 0.1) is 0 Å². The van der Waals surface area contributed by atoms with Gasteiger partial charge in [0.2, 0.25) is 0 Å². The quantitative estimate of drug-likeness (QED) is 0.159. The van der Waals surface area contributed by atoms with Crippen molar-refractivity contribution >= 4 is 4.19 Å². The molecule has 0 N–H and O–H groups in total. The fourth-order valence-corrected chi connectivity index (χ4v) is 2.71. The fraction of sp³-hybridized carbons (Fsp3) is 0.407. The van der Waals surface area contributed by atoms with Gasteiger partial charge in [-0.25, -0.2) is 0 Å². The molecule has 39 heavy (non-hydrogen) atoms. The smallest absolute Gasteiger partial charge is 0 e. The van der Waals surface area contributed by atoms with Crippen LogP contribution in [-0.4, -0.2) is 4.19 Å². The molecule has 2 fully saturated rings. The van der Waals surface area contributed by atoms with Gasteiger partial charge in [-0.1, -0.05) is 64.2 Å². The average Bonchev–Trinajstić information content (AvgIpc) is 3.82. The van der Waals surface area contributed by atoms with Gasteiger partial charge < -0.3 is 0 Å². The van der Waals surface area contributed by atoms with Crippen molar-refractivity contribution in [3.05, 3.63) is 95.1 Å². The molecule has 0 aromatic heterocycles. The van der Waals surface area contributed by atoms with Crippen molar-refractivity contribution in [2.24, 2.45) is 4.99 Å². The van der Waals surface area contributed by atoms with E-state index in [9.17, 15) is 0 Å². The molecular weight excluding hydrogens is 762 g/mol. The summed E-state index contributed by atoms with van der Waals surface area (Å²) in [4.78, 5) is 3.93. The van der Waals surface area contributed by atoms with Crippen LogP contribution in [-0.2, 0) is 90.7 Å². The van der Waals surface area contributed by atoms with Crippen LogP contribution in [0.4, 0.5) is 0 Å². The van der Waals surface area contributed by atoms with Gasteiger partial charge >= 0.3 is 185 Å². The molecule has 0 heterocycles. The Balaban J connectivity index is -0.0000000327. The Morgan fingerprint density at radius 2 is 0.769 bits per heavy atom. The number of aryl methyl sites for hydroxylation is 1. The van der Waals surface area contributed by atoms with Gasteiger partial charge in [0.1, 0.15) is 0 Å². The zero-order valence-electron chi connectivity index (χ0n) is 21.3. The summed E-state index contributed by atoms with van der Waals surface area (Å²) in [6.07, 6.45) is 15.0. The molecule has 9 nitrogen and oxygen atoms in total. The minimum absolute atomic E-state index is 0. The topological polar surface area (TPSA) is 172 Å². The molecule has 0 bridgehead atoms. The Morgan fingerprint density at radius 3 is 0.949 bits per heavy atom. The van der Waals surface area contributed by atoms with E-state index in [4.69, 9.17) is 37.2 Å². The summed E-state index contributed by atoms with van der Waals surface area (Å²) in [6.45, 7) is 39.9. The Bertz CT molecular complexity index is 644. The van der Waals surface area contributed by atoms with E-state index in [1.165, 1.54) is 89.1 Å². The molecule has 1 aromatic rings. The number of aliphatic imine (C=N–C) groups is 1. The van der Waals surface area contributed by atoms with Crippen molar-refractivity contribution in [2.75, 3.05) is 0 Å². The summed E-state index contributed by atoms with van der Waals surface area (Å²) >= 11 is 1.25. The first kappa shape index (κ1) is 66.0. The number of benzene rings is 1. The first-order valence-electron chi connectivity index (χ1n) is 9.93. The minimum Gasteiger partial charge on any atom is 0 e. The van der Waals surface area contributed by atoms with E-state index in [1.807, 2.05) is 18.7 Å². The largest absolute Gasteiger partial charge is 2.00 e. The molecule has 0 saturated heterocycles. The molecule has 0 radical (unpaired) electrons. The molecule has 12 heteroatoms. The van der Waals surface area contributed by atoms with Crippen LogP contribution in [0.25, 0.3) is 0 Å². The van der Waals surface area contributed by atoms with E-state index in [1.54, 1.807) is 0 Å². The van der Waals surface area contributed by atoms with Crippen LogP contribution in [0.5, 0.6) is 0 Å². The van der Waals surface area contributed by atoms with Gasteiger partial charge in [0, 0.05) is 17.1 Å². The van der Waals surface area contributed by atoms with Crippen molar-refractivity contribution in [3.8, 4) is 0 Å². The summed E-state index contributed by atoms with van der Waals surface area (Å²) in [5.41, 5.74) is 2.40. The average molecular weight is 790 g/mol. The second-order valence-electron chi connectivity index (χ2n) is 5.80. The number of rotatable bonds is 2. The van der Waals surface area contributed by atoms with Crippen molar-refractivity contribution < 1.29 is 90.7 Å². The van der Waals surface area contributed by atoms with Crippen LogP contribution in [0.1, 0.15) is 75.3 Å². The summed E-state index contributed by atoms with van der Waals surface area (Å²) in [5, 5.41) is 0. The molecule has 2 aliphatic rings. The van der Waals surface area contributed by atoms with Crippen LogP contribution < -0.4 is 0 Å². The predicted octanol–water partition coefficient (Wildman–Crippen LogP) is 5.55. The second kappa shape index (κ2) is 99.7. The molecule has 0 amide bonds. The molecule has 0 atom stereocenters. The van der Waals surface area contributed by atoms with Gasteiger partial charge in [0.15, 0.2) is 0 Å². The van der Waals surface area contributed by atoms with E-state index in [-0.39, 0.29) is 34.1 Å². The van der Waals surface area contributed by atoms with Crippen LogP contribution in [0.2, 0.25) is 0 Å². The molecule has 210 valence electrons. The number of hydrogen-bond acceptors (Lipinski definition) is 1. The van der Waals surface area contributed by atoms with Crippen molar-refractivity contribution in [1.29, 1.82) is 0 Å². The predicted molar refractivity (Wildman–Crippen MR) is 120 cm³/mol. The summed E-state index contributed by atoms with van der Waals surface area (Å²) < 4.78 is 62.8. The molecule has 0 spiro atoms. The maximum absolute atomic E-state index is 7.50. The SMILES string of the molecule is C1CCCC1.C1CCCC1.Cc1ccc([CH-]N=[C]=[W])cc1.[C-]#[O+].[C-]#[O+].[C-]#[O+].[C-]#[O+].[C-]#[O+].[C-]#[O+].[C-]#[O+].[C-]#[O+].[Fe+2].[Fe]. The number of nitrogens with zero attached hydrogens (tertiary/aromatic N) is 1. The standard InChI is InChI=1S/C9H8N.2C5H10.8CO.2Fe.W/c1-8-3-5-9(6-4-8)7-10-2;2*1-2-4-5-3-1;8*1-2;;;/h3-7H,1H3;2*1-5H2;;;;;;;;;;;/q-1;;;;;;;;;;;;+2;. The zero-order chi connectivity index (χ0) is 31.2. The monoisotopic (exact) mass is 790 g/mol. The minimum atomic E-state index is 0. The maximum atomic E-state index is 7.50. The van der Waals surface area contributed by atoms with Gasteiger partial charge in [-0.3, -0.25) is 0 Å². The second-order valence-corrected chi connectivity index (χ2v) is 6.45. The first-order chi connectivity index (χ1) is 18.3. The summed E-state index contributed by atoms with van der Waals surface area (Å²) in [5.74, 6) is 0. The molecule has 0 unspecified atom stereocenters. The van der Waals surface area contributed by atoms with Crippen molar-refractivity contribution in [3.63, 3.8) is 0 Å². The third-order valence-corrected chi connectivity index (χ3v) is 4.22. The molecular formula is C27H28Fe2NO8W+. The van der Waals surface area contributed by atoms with Crippen LogP contribution in [0.15, 0.2) is 29.3 Å². The molecule has 2 saturated carbocycles. The number of hydrogen-bond donors (Lipinski definition) is 0. The van der Waals surface area contributed by atoms with E-state index in [2.05, 4.69) is 81.4 Å². The van der Waals surface area contributed by atoms with Gasteiger partial charge in [0.25, 0.3) is 0 Å². The molecule has 0 aliphatic heterocycles. The Hall–Kier alpha value is -1.68. The third kappa shape index (κ3) is 85.9. The van der Waals surface area contributed by atoms with E-state index in [0.717, 1.165) is 5.56 Å². The van der Waals surface area contributed by atoms with Crippen LogP contribution in [0.3, 0.4) is 0 Å². The van der Waals surface area contributed by atoms with E-state index < -0.39 is 0 Å². The first-order valence-corrected chi connectivity index (χ1v) is 11.4. The summed E-state index contributed by atoms with van der Waals surface area (Å²) in [6, 6.07) is 8.24. The van der Waals surface area contributed by atoms with Crippen LogP contribution in [0, 0.1) is 66.7 Å². The normalized spacial score (nSPS) is 8.95. The maximum Gasteiger partial charge on any atom is 2.00 e. The summed E-state index contributed by atoms with van der Waals surface area (Å²) in [7, 11) is 0. The van der Waals surface area contributed by atoms with Gasteiger partial charge in [-0.2, -0.15) is 0 Å².